The zero-order chi connectivity index (χ0) is 14.2. The normalized spacial score (nSPS) is 16.8. The van der Waals surface area contributed by atoms with E-state index in [1.807, 2.05) is 24.3 Å². The maximum atomic E-state index is 5.54. The first kappa shape index (κ1) is 14.7. The third-order valence-corrected chi connectivity index (χ3v) is 3.66. The summed E-state index contributed by atoms with van der Waals surface area (Å²) in [6.45, 7) is 0.600. The van der Waals surface area contributed by atoms with Gasteiger partial charge in [-0.3, -0.25) is 5.43 Å². The molecule has 1 aliphatic carbocycles. The van der Waals surface area contributed by atoms with Crippen molar-refractivity contribution in [3.8, 4) is 5.75 Å². The van der Waals surface area contributed by atoms with E-state index in [1.54, 1.807) is 7.11 Å². The van der Waals surface area contributed by atoms with Gasteiger partial charge in [-0.05, 0) is 30.5 Å². The molecule has 0 heterocycles. The van der Waals surface area contributed by atoms with Crippen LogP contribution >= 0.6 is 0 Å². The average Bonchev–Trinajstić information content (AvgIpc) is 2.53. The van der Waals surface area contributed by atoms with Gasteiger partial charge in [-0.1, -0.05) is 31.4 Å². The topological polar surface area (TPSA) is 71.7 Å². The lowest BCUT2D eigenvalue weighted by molar-refractivity contribution is 0.410. The molecule has 1 aliphatic rings. The summed E-state index contributed by atoms with van der Waals surface area (Å²) < 4.78 is 5.14. The minimum atomic E-state index is 0.495. The molecule has 0 spiro atoms. The zero-order valence-electron chi connectivity index (χ0n) is 12.1. The number of methoxy groups -OCH3 is 1. The Bertz CT molecular complexity index is 424. The van der Waals surface area contributed by atoms with E-state index < -0.39 is 0 Å². The lowest BCUT2D eigenvalue weighted by Crippen LogP contribution is -2.47. The highest BCUT2D eigenvalue weighted by atomic mass is 16.5. The van der Waals surface area contributed by atoms with Crippen LogP contribution in [0.5, 0.6) is 5.75 Å². The Morgan fingerprint density at radius 3 is 2.55 bits per heavy atom. The van der Waals surface area contributed by atoms with Crippen LogP contribution in [0.2, 0.25) is 0 Å². The number of ether oxygens (including phenoxy) is 1. The van der Waals surface area contributed by atoms with Gasteiger partial charge in [0.2, 0.25) is 5.96 Å². The Kier molecular flexibility index (Phi) is 5.68. The quantitative estimate of drug-likeness (QED) is 0.340. The monoisotopic (exact) mass is 276 g/mol. The van der Waals surface area contributed by atoms with Gasteiger partial charge in [0.1, 0.15) is 5.75 Å². The number of hydrogen-bond donors (Lipinski definition) is 3. The summed E-state index contributed by atoms with van der Waals surface area (Å²) in [5.74, 6) is 7.07. The van der Waals surface area contributed by atoms with Crippen molar-refractivity contribution < 1.29 is 4.74 Å². The molecule has 0 radical (unpaired) electrons. The van der Waals surface area contributed by atoms with Gasteiger partial charge in [0.15, 0.2) is 0 Å². The summed E-state index contributed by atoms with van der Waals surface area (Å²) in [5, 5.41) is 3.39. The highest BCUT2D eigenvalue weighted by molar-refractivity contribution is 5.79. The first-order valence-corrected chi connectivity index (χ1v) is 7.22. The van der Waals surface area contributed by atoms with Crippen molar-refractivity contribution in [1.29, 1.82) is 0 Å². The van der Waals surface area contributed by atoms with Crippen LogP contribution in [0.15, 0.2) is 29.3 Å². The fourth-order valence-corrected chi connectivity index (χ4v) is 2.47. The maximum Gasteiger partial charge on any atom is 0.206 e. The van der Waals surface area contributed by atoms with Gasteiger partial charge in [0.25, 0.3) is 0 Å². The Balaban J connectivity index is 1.88. The lowest BCUT2D eigenvalue weighted by atomic mass is 9.96. The Hall–Kier alpha value is -1.75. The molecular weight excluding hydrogens is 252 g/mol. The number of nitrogens with zero attached hydrogens (tertiary/aromatic N) is 1. The molecule has 0 aliphatic heterocycles. The van der Waals surface area contributed by atoms with Crippen molar-refractivity contribution in [3.05, 3.63) is 29.8 Å². The summed E-state index contributed by atoms with van der Waals surface area (Å²) in [7, 11) is 1.66. The van der Waals surface area contributed by atoms with Gasteiger partial charge < -0.3 is 10.1 Å². The highest BCUT2D eigenvalue weighted by Crippen LogP contribution is 2.17. The van der Waals surface area contributed by atoms with Crippen molar-refractivity contribution in [3.63, 3.8) is 0 Å². The predicted molar refractivity (Wildman–Crippen MR) is 81.5 cm³/mol. The largest absolute Gasteiger partial charge is 0.497 e. The fourth-order valence-electron chi connectivity index (χ4n) is 2.47. The highest BCUT2D eigenvalue weighted by Gasteiger charge is 2.13. The van der Waals surface area contributed by atoms with E-state index in [-0.39, 0.29) is 0 Å². The fraction of sp³-hybridized carbons (Fsp3) is 0.533. The first-order chi connectivity index (χ1) is 9.81. The number of rotatable bonds is 4. The van der Waals surface area contributed by atoms with Crippen LogP contribution < -0.4 is 21.3 Å². The predicted octanol–water partition coefficient (Wildman–Crippen LogP) is 1.94. The van der Waals surface area contributed by atoms with E-state index in [2.05, 4.69) is 15.7 Å². The van der Waals surface area contributed by atoms with Crippen molar-refractivity contribution >= 4 is 5.96 Å². The molecule has 0 unspecified atom stereocenters. The van der Waals surface area contributed by atoms with E-state index in [0.717, 1.165) is 11.3 Å². The molecule has 5 heteroatoms. The van der Waals surface area contributed by atoms with Gasteiger partial charge >= 0.3 is 0 Å². The number of nitrogens with two attached hydrogens (primary N) is 1. The lowest BCUT2D eigenvalue weighted by Gasteiger charge is -2.24. The van der Waals surface area contributed by atoms with Crippen LogP contribution in [-0.2, 0) is 6.54 Å². The number of aliphatic imine (C=N–C) groups is 1. The smallest absolute Gasteiger partial charge is 0.206 e. The van der Waals surface area contributed by atoms with Crippen molar-refractivity contribution in [1.82, 2.24) is 10.7 Å². The second kappa shape index (κ2) is 7.75. The van der Waals surface area contributed by atoms with Crippen LogP contribution in [0.25, 0.3) is 0 Å². The maximum absolute atomic E-state index is 5.54. The summed E-state index contributed by atoms with van der Waals surface area (Å²) in [5.41, 5.74) is 3.79. The molecule has 2 rings (SSSR count). The standard InChI is InChI=1S/C15H24N4O/c1-20-14-9-7-12(8-10-14)11-17-15(19-16)18-13-5-3-2-4-6-13/h7-10,13H,2-6,11,16H2,1H3,(H2,17,18,19). The molecule has 0 bridgehead atoms. The van der Waals surface area contributed by atoms with Crippen LogP contribution in [0, 0.1) is 0 Å². The van der Waals surface area contributed by atoms with Crippen LogP contribution in [0.1, 0.15) is 37.7 Å². The molecule has 5 nitrogen and oxygen atoms in total. The second-order valence-electron chi connectivity index (χ2n) is 5.14. The third kappa shape index (κ3) is 4.42. The summed E-state index contributed by atoms with van der Waals surface area (Å²) in [4.78, 5) is 4.49. The molecule has 4 N–H and O–H groups in total. The van der Waals surface area contributed by atoms with Crippen LogP contribution in [-0.4, -0.2) is 19.1 Å². The third-order valence-electron chi connectivity index (χ3n) is 3.66. The molecule has 1 fully saturated rings. The zero-order valence-corrected chi connectivity index (χ0v) is 12.1. The van der Waals surface area contributed by atoms with E-state index in [1.165, 1.54) is 32.1 Å². The van der Waals surface area contributed by atoms with E-state index in [4.69, 9.17) is 10.6 Å². The summed E-state index contributed by atoms with van der Waals surface area (Å²) >= 11 is 0. The van der Waals surface area contributed by atoms with Crippen molar-refractivity contribution in [2.24, 2.45) is 10.8 Å². The van der Waals surface area contributed by atoms with Crippen LogP contribution in [0.3, 0.4) is 0 Å². The number of benzene rings is 1. The van der Waals surface area contributed by atoms with Gasteiger partial charge in [-0.25, -0.2) is 10.8 Å². The van der Waals surface area contributed by atoms with Gasteiger partial charge in [0, 0.05) is 6.04 Å². The minimum absolute atomic E-state index is 0.495. The first-order valence-electron chi connectivity index (χ1n) is 7.22. The number of guanidine groups is 1. The van der Waals surface area contributed by atoms with Gasteiger partial charge in [-0.15, -0.1) is 0 Å². The SMILES string of the molecule is COc1ccc(CN=C(NN)NC2CCCCC2)cc1. The molecule has 1 aromatic carbocycles. The molecule has 0 saturated heterocycles. The molecular formula is C15H24N4O. The summed E-state index contributed by atoms with van der Waals surface area (Å²) in [6, 6.07) is 8.40. The summed E-state index contributed by atoms with van der Waals surface area (Å²) in [6.07, 6.45) is 6.31. The van der Waals surface area contributed by atoms with Crippen molar-refractivity contribution in [2.45, 2.75) is 44.7 Å². The molecule has 20 heavy (non-hydrogen) atoms. The van der Waals surface area contributed by atoms with Crippen LogP contribution in [0.4, 0.5) is 0 Å². The average molecular weight is 276 g/mol. The molecule has 0 amide bonds. The van der Waals surface area contributed by atoms with Gasteiger partial charge in [-0.2, -0.15) is 0 Å². The van der Waals surface area contributed by atoms with Gasteiger partial charge in [0.05, 0.1) is 13.7 Å². The minimum Gasteiger partial charge on any atom is -0.497 e. The van der Waals surface area contributed by atoms with E-state index in [0.29, 0.717) is 18.5 Å². The van der Waals surface area contributed by atoms with Crippen molar-refractivity contribution in [2.75, 3.05) is 7.11 Å². The second-order valence-corrected chi connectivity index (χ2v) is 5.14. The molecule has 0 aromatic heterocycles. The Morgan fingerprint density at radius 1 is 1.25 bits per heavy atom. The number of hydrogen-bond acceptors (Lipinski definition) is 3. The molecule has 110 valence electrons. The number of nitrogens with one attached hydrogen (secondary N) is 2. The Labute approximate surface area is 120 Å². The number of hydrazine groups is 1. The molecule has 1 aromatic rings. The van der Waals surface area contributed by atoms with E-state index >= 15 is 0 Å². The molecule has 1 saturated carbocycles. The van der Waals surface area contributed by atoms with E-state index in [9.17, 15) is 0 Å². The Morgan fingerprint density at radius 2 is 1.95 bits per heavy atom. The molecule has 0 atom stereocenters.